The summed E-state index contributed by atoms with van der Waals surface area (Å²) in [5.41, 5.74) is 0. The van der Waals surface area contributed by atoms with Crippen molar-refractivity contribution in [3.8, 4) is 0 Å². The van der Waals surface area contributed by atoms with Crippen LogP contribution in [-0.4, -0.2) is 18.2 Å². The minimum absolute atomic E-state index is 0.676. The summed E-state index contributed by atoms with van der Waals surface area (Å²) in [7, 11) is -3.20. The molecule has 14 heavy (non-hydrogen) atoms. The third-order valence-corrected chi connectivity index (χ3v) is 3.76. The van der Waals surface area contributed by atoms with E-state index < -0.39 is 8.56 Å². The molecule has 0 aliphatic rings. The van der Waals surface area contributed by atoms with Gasteiger partial charge in [0.1, 0.15) is 0 Å². The standard InChI is InChI=1S/C11H12O2Si/c1-14(12,13)11-8-4-6-9-5-2-3-7-10(9)11/h2-8,12-13H,1H3. The van der Waals surface area contributed by atoms with Crippen LogP contribution in [0.2, 0.25) is 6.55 Å². The van der Waals surface area contributed by atoms with Crippen molar-refractivity contribution in [2.45, 2.75) is 6.55 Å². The van der Waals surface area contributed by atoms with Crippen LogP contribution in [0.5, 0.6) is 0 Å². The monoisotopic (exact) mass is 204 g/mol. The summed E-state index contributed by atoms with van der Waals surface area (Å²) >= 11 is 0. The molecular formula is C11H12O2Si. The average molecular weight is 204 g/mol. The van der Waals surface area contributed by atoms with Crippen LogP contribution in [0.3, 0.4) is 0 Å². The first kappa shape index (κ1) is 9.39. The predicted octanol–water partition coefficient (Wildman–Crippen LogP) is 1.10. The molecule has 0 bridgehead atoms. The lowest BCUT2D eigenvalue weighted by molar-refractivity contribution is 0.392. The maximum Gasteiger partial charge on any atom is 0.364 e. The lowest BCUT2D eigenvalue weighted by Gasteiger charge is -2.14. The number of rotatable bonds is 1. The van der Waals surface area contributed by atoms with E-state index in [1.54, 1.807) is 6.07 Å². The Morgan fingerprint density at radius 2 is 1.57 bits per heavy atom. The maximum atomic E-state index is 9.68. The molecule has 2 rings (SSSR count). The zero-order valence-electron chi connectivity index (χ0n) is 7.94. The van der Waals surface area contributed by atoms with E-state index in [2.05, 4.69) is 0 Å². The van der Waals surface area contributed by atoms with Gasteiger partial charge in [-0.3, -0.25) is 0 Å². The van der Waals surface area contributed by atoms with Gasteiger partial charge in [0.15, 0.2) is 0 Å². The highest BCUT2D eigenvalue weighted by Gasteiger charge is 2.26. The van der Waals surface area contributed by atoms with Gasteiger partial charge in [-0.25, -0.2) is 0 Å². The third kappa shape index (κ3) is 1.57. The molecule has 2 aromatic rings. The first-order valence-electron chi connectivity index (χ1n) is 4.52. The second-order valence-corrected chi connectivity index (χ2v) is 6.13. The normalized spacial score (nSPS) is 11.9. The number of hydrogen-bond donors (Lipinski definition) is 2. The van der Waals surface area contributed by atoms with E-state index in [0.29, 0.717) is 5.19 Å². The topological polar surface area (TPSA) is 40.5 Å². The Morgan fingerprint density at radius 3 is 2.29 bits per heavy atom. The molecular weight excluding hydrogens is 192 g/mol. The van der Waals surface area contributed by atoms with Gasteiger partial charge in [-0.2, -0.15) is 0 Å². The van der Waals surface area contributed by atoms with E-state index in [0.717, 1.165) is 10.8 Å². The Labute approximate surface area is 83.7 Å². The molecule has 0 aromatic heterocycles. The fraction of sp³-hybridized carbons (Fsp3) is 0.0909. The second kappa shape index (κ2) is 3.20. The Kier molecular flexibility index (Phi) is 2.15. The molecule has 0 unspecified atom stereocenters. The molecule has 3 heteroatoms. The smallest absolute Gasteiger partial charge is 0.364 e. The predicted molar refractivity (Wildman–Crippen MR) is 59.6 cm³/mol. The minimum atomic E-state index is -3.20. The Bertz CT molecular complexity index is 455. The SMILES string of the molecule is C[Si](O)(O)c1cccc2ccccc12. The summed E-state index contributed by atoms with van der Waals surface area (Å²) in [6.45, 7) is 1.51. The molecule has 0 aliphatic carbocycles. The molecule has 0 fully saturated rings. The van der Waals surface area contributed by atoms with Crippen molar-refractivity contribution in [2.75, 3.05) is 0 Å². The van der Waals surface area contributed by atoms with Gasteiger partial charge in [0.25, 0.3) is 0 Å². The minimum Gasteiger partial charge on any atom is -0.408 e. The lowest BCUT2D eigenvalue weighted by Crippen LogP contribution is -2.45. The molecule has 0 heterocycles. The zero-order chi connectivity index (χ0) is 10.2. The Morgan fingerprint density at radius 1 is 0.929 bits per heavy atom. The van der Waals surface area contributed by atoms with Gasteiger partial charge in [-0.1, -0.05) is 42.5 Å². The van der Waals surface area contributed by atoms with Crippen molar-refractivity contribution < 1.29 is 9.59 Å². The summed E-state index contributed by atoms with van der Waals surface area (Å²) in [5, 5.41) is 2.66. The summed E-state index contributed by atoms with van der Waals surface area (Å²) in [6, 6.07) is 13.4. The van der Waals surface area contributed by atoms with Crippen molar-refractivity contribution in [1.29, 1.82) is 0 Å². The van der Waals surface area contributed by atoms with Gasteiger partial charge < -0.3 is 9.59 Å². The highest BCUT2D eigenvalue weighted by Crippen LogP contribution is 2.13. The molecule has 0 amide bonds. The van der Waals surface area contributed by atoms with Gasteiger partial charge in [0, 0.05) is 5.19 Å². The van der Waals surface area contributed by atoms with E-state index in [-0.39, 0.29) is 0 Å². The molecule has 0 saturated carbocycles. The number of hydrogen-bond acceptors (Lipinski definition) is 2. The van der Waals surface area contributed by atoms with Crippen LogP contribution in [0.4, 0.5) is 0 Å². The Balaban J connectivity index is 2.78. The number of fused-ring (bicyclic) bond motifs is 1. The fourth-order valence-corrected chi connectivity index (χ4v) is 2.79. The van der Waals surface area contributed by atoms with Gasteiger partial charge in [0.05, 0.1) is 0 Å². The summed E-state index contributed by atoms with van der Waals surface area (Å²) in [6.07, 6.45) is 0. The van der Waals surface area contributed by atoms with E-state index in [1.807, 2.05) is 36.4 Å². The van der Waals surface area contributed by atoms with Crippen LogP contribution >= 0.6 is 0 Å². The first-order chi connectivity index (χ1) is 6.59. The average Bonchev–Trinajstić information content (AvgIpc) is 2.15. The molecule has 2 nitrogen and oxygen atoms in total. The number of benzene rings is 2. The van der Waals surface area contributed by atoms with Crippen LogP contribution in [0.25, 0.3) is 10.8 Å². The largest absolute Gasteiger partial charge is 0.408 e. The molecule has 2 N–H and O–H groups in total. The molecule has 2 aromatic carbocycles. The van der Waals surface area contributed by atoms with E-state index in [1.165, 1.54) is 6.55 Å². The van der Waals surface area contributed by atoms with Crippen LogP contribution in [0.1, 0.15) is 0 Å². The molecule has 0 aliphatic heterocycles. The van der Waals surface area contributed by atoms with Crippen LogP contribution in [-0.2, 0) is 0 Å². The van der Waals surface area contributed by atoms with Crippen molar-refractivity contribution >= 4 is 24.5 Å². The maximum absolute atomic E-state index is 9.68. The second-order valence-electron chi connectivity index (χ2n) is 3.55. The van der Waals surface area contributed by atoms with Gasteiger partial charge >= 0.3 is 8.56 Å². The third-order valence-electron chi connectivity index (χ3n) is 2.30. The van der Waals surface area contributed by atoms with E-state index in [4.69, 9.17) is 0 Å². The Hall–Kier alpha value is -1.16. The van der Waals surface area contributed by atoms with Crippen molar-refractivity contribution in [1.82, 2.24) is 0 Å². The summed E-state index contributed by atoms with van der Waals surface area (Å²) in [4.78, 5) is 19.4. The van der Waals surface area contributed by atoms with Crippen molar-refractivity contribution in [3.05, 3.63) is 42.5 Å². The molecule has 0 spiro atoms. The van der Waals surface area contributed by atoms with Crippen LogP contribution < -0.4 is 5.19 Å². The van der Waals surface area contributed by atoms with Crippen molar-refractivity contribution in [3.63, 3.8) is 0 Å². The first-order valence-corrected chi connectivity index (χ1v) is 6.91. The molecule has 0 saturated heterocycles. The summed E-state index contributed by atoms with van der Waals surface area (Å²) in [5.74, 6) is 0. The lowest BCUT2D eigenvalue weighted by atomic mass is 10.1. The highest BCUT2D eigenvalue weighted by molar-refractivity contribution is 6.79. The van der Waals surface area contributed by atoms with Crippen LogP contribution in [0.15, 0.2) is 42.5 Å². The van der Waals surface area contributed by atoms with E-state index in [9.17, 15) is 9.59 Å². The van der Waals surface area contributed by atoms with Gasteiger partial charge in [-0.05, 0) is 17.3 Å². The zero-order valence-corrected chi connectivity index (χ0v) is 8.94. The quantitative estimate of drug-likeness (QED) is 0.683. The summed E-state index contributed by atoms with van der Waals surface area (Å²) < 4.78 is 0. The van der Waals surface area contributed by atoms with Gasteiger partial charge in [-0.15, -0.1) is 0 Å². The molecule has 72 valence electrons. The highest BCUT2D eigenvalue weighted by atomic mass is 28.4. The van der Waals surface area contributed by atoms with Gasteiger partial charge in [0.2, 0.25) is 0 Å². The van der Waals surface area contributed by atoms with E-state index >= 15 is 0 Å². The molecule has 0 radical (unpaired) electrons. The van der Waals surface area contributed by atoms with Crippen molar-refractivity contribution in [2.24, 2.45) is 0 Å². The molecule has 0 atom stereocenters. The van der Waals surface area contributed by atoms with Crippen LogP contribution in [0, 0.1) is 0 Å². The fourth-order valence-electron chi connectivity index (χ4n) is 1.64.